The van der Waals surface area contributed by atoms with Crippen LogP contribution >= 0.6 is 0 Å². The summed E-state index contributed by atoms with van der Waals surface area (Å²) < 4.78 is 36.0. The molecule has 0 aromatic carbocycles. The van der Waals surface area contributed by atoms with Crippen molar-refractivity contribution in [3.05, 3.63) is 0 Å². The van der Waals surface area contributed by atoms with Crippen molar-refractivity contribution in [2.75, 3.05) is 19.5 Å². The summed E-state index contributed by atoms with van der Waals surface area (Å²) >= 11 is 0. The average Bonchev–Trinajstić information content (AvgIpc) is 2.65. The molecule has 0 unspecified atom stereocenters. The maximum atomic E-state index is 11.6. The zero-order chi connectivity index (χ0) is 22.9. The van der Waals surface area contributed by atoms with Gasteiger partial charge in [-0.15, -0.1) is 0 Å². The minimum atomic E-state index is -3.94. The van der Waals surface area contributed by atoms with E-state index in [4.69, 9.17) is 14.3 Å². The molecular weight excluding hydrogens is 432 g/mol. The molecule has 2 aliphatic heterocycles. The van der Waals surface area contributed by atoms with Gasteiger partial charge in [0, 0.05) is 13.3 Å². The molecule has 0 aliphatic carbocycles. The van der Waals surface area contributed by atoms with Gasteiger partial charge in [0.15, 0.2) is 6.29 Å². The van der Waals surface area contributed by atoms with Gasteiger partial charge in [-0.05, 0) is 0 Å². The molecule has 1 amide bonds. The highest BCUT2D eigenvalue weighted by Gasteiger charge is 2.62. The lowest BCUT2D eigenvalue weighted by molar-refractivity contribution is -0.347. The molecule has 9 atom stereocenters. The summed E-state index contributed by atoms with van der Waals surface area (Å²) in [4.78, 5) is 15.9. The molecule has 2 rings (SSSR count). The van der Waals surface area contributed by atoms with Gasteiger partial charge in [0.2, 0.25) is 15.9 Å². The molecule has 2 aliphatic rings. The van der Waals surface area contributed by atoms with Gasteiger partial charge in [0.1, 0.15) is 36.1 Å². The predicted molar refractivity (Wildman–Crippen MR) is 95.8 cm³/mol. The van der Waals surface area contributed by atoms with Gasteiger partial charge in [-0.3, -0.25) is 4.79 Å². The molecule has 0 saturated carbocycles. The van der Waals surface area contributed by atoms with Crippen LogP contribution in [-0.2, 0) is 29.1 Å². The Labute approximate surface area is 172 Å². The Kier molecular flexibility index (Phi) is 8.14. The van der Waals surface area contributed by atoms with E-state index in [0.29, 0.717) is 0 Å². The summed E-state index contributed by atoms with van der Waals surface area (Å²) in [6, 6.07) is -1.61. The fourth-order valence-electron chi connectivity index (χ4n) is 3.61. The van der Waals surface area contributed by atoms with Gasteiger partial charge >= 0.3 is 0 Å². The first-order valence-corrected chi connectivity index (χ1v) is 10.9. The van der Waals surface area contributed by atoms with Crippen LogP contribution in [-0.4, -0.2) is 119 Å². The number of aliphatic hydroxyl groups is 6. The first-order chi connectivity index (χ1) is 13.8. The van der Waals surface area contributed by atoms with E-state index in [0.717, 1.165) is 13.2 Å². The van der Waals surface area contributed by atoms with Crippen LogP contribution < -0.4 is 10.2 Å². The molecule has 0 aromatic heterocycles. The summed E-state index contributed by atoms with van der Waals surface area (Å²) in [5.41, 5.74) is -0.516. The number of hydrogen-bond acceptors (Lipinski definition) is 12. The third kappa shape index (κ3) is 5.25. The lowest BCUT2D eigenvalue weighted by Crippen LogP contribution is -2.76. The van der Waals surface area contributed by atoms with E-state index in [2.05, 4.69) is 0 Å². The van der Waals surface area contributed by atoms with Gasteiger partial charge in [0.25, 0.3) is 0 Å². The van der Waals surface area contributed by atoms with E-state index in [1.807, 2.05) is 10.2 Å². The van der Waals surface area contributed by atoms with Crippen LogP contribution in [0.25, 0.3) is 0 Å². The number of hydrogen-bond donors (Lipinski definition) is 8. The molecule has 30 heavy (non-hydrogen) atoms. The summed E-state index contributed by atoms with van der Waals surface area (Å²) in [6.07, 6.45) is -11.1. The number of rotatable bonds is 7. The first-order valence-electron chi connectivity index (χ1n) is 9.03. The second kappa shape index (κ2) is 9.66. The van der Waals surface area contributed by atoms with Crippen molar-refractivity contribution in [2.45, 2.75) is 67.9 Å². The number of aliphatic hydroxyl groups excluding tert-OH is 5. The molecule has 15 heteroatoms. The maximum Gasteiger partial charge on any atom is 0.240 e. The number of nitrogens with one attached hydrogen (secondary N) is 2. The summed E-state index contributed by atoms with van der Waals surface area (Å²) in [7, 11) is -3.94. The Balaban J connectivity index is 2.34. The number of amides is 1. The minimum absolute atomic E-state index is 0.434. The molecule has 2 saturated heterocycles. The highest BCUT2D eigenvalue weighted by molar-refractivity contribution is 7.88. The minimum Gasteiger partial charge on any atom is -0.394 e. The van der Waals surface area contributed by atoms with Gasteiger partial charge < -0.3 is 40.1 Å². The number of carbonyl (C=O) groups is 1. The summed E-state index contributed by atoms with van der Waals surface area (Å²) in [6.45, 7) is -0.547. The average molecular weight is 460 g/mol. The standard InChI is InChI=1S/C15H28N2O12S/c1-6(20)16-29-10-3-8(21)15(24,9(5-19)28-10)14-13(23)11(17-30(2,25)26)12(22)7(4-18)27-14/h7-14,17-19,21-24H,3-5H2,1-2H3,(H,16,20)/t7-,8-,9-,10-,11-,12+,13-,14-,15+/m1/s1. The highest BCUT2D eigenvalue weighted by Crippen LogP contribution is 2.39. The molecule has 0 aromatic rings. The zero-order valence-corrected chi connectivity index (χ0v) is 17.1. The van der Waals surface area contributed by atoms with E-state index < -0.39 is 90.1 Å². The Bertz CT molecular complexity index is 708. The topological polar surface area (TPSA) is 224 Å². The molecule has 0 bridgehead atoms. The Hall–Kier alpha value is -0.980. The molecule has 2 fully saturated rings. The van der Waals surface area contributed by atoms with E-state index >= 15 is 0 Å². The molecule has 176 valence electrons. The first kappa shape index (κ1) is 25.3. The number of ether oxygens (including phenoxy) is 2. The van der Waals surface area contributed by atoms with Crippen LogP contribution in [0.15, 0.2) is 0 Å². The summed E-state index contributed by atoms with van der Waals surface area (Å²) in [5, 5.41) is 61.9. The van der Waals surface area contributed by atoms with Crippen LogP contribution in [0.3, 0.4) is 0 Å². The van der Waals surface area contributed by atoms with E-state index in [1.165, 1.54) is 0 Å². The van der Waals surface area contributed by atoms with Crippen molar-refractivity contribution in [1.82, 2.24) is 10.2 Å². The summed E-state index contributed by atoms with van der Waals surface area (Å²) in [5.74, 6) is -0.574. The molecular formula is C15H28N2O12S. The van der Waals surface area contributed by atoms with Crippen LogP contribution in [0.4, 0.5) is 0 Å². The molecule has 2 heterocycles. The Morgan fingerprint density at radius 1 is 1.17 bits per heavy atom. The van der Waals surface area contributed by atoms with Gasteiger partial charge in [-0.2, -0.15) is 0 Å². The van der Waals surface area contributed by atoms with Gasteiger partial charge in [-0.25, -0.2) is 23.5 Å². The normalized spacial score (nSPS) is 42.7. The lowest BCUT2D eigenvalue weighted by atomic mass is 9.75. The predicted octanol–water partition coefficient (Wildman–Crippen LogP) is -5.35. The van der Waals surface area contributed by atoms with E-state index in [1.54, 1.807) is 0 Å². The van der Waals surface area contributed by atoms with Crippen molar-refractivity contribution >= 4 is 15.9 Å². The molecule has 8 N–H and O–H groups in total. The fraction of sp³-hybridized carbons (Fsp3) is 0.933. The van der Waals surface area contributed by atoms with Crippen molar-refractivity contribution in [1.29, 1.82) is 0 Å². The van der Waals surface area contributed by atoms with E-state index in [9.17, 15) is 43.9 Å². The van der Waals surface area contributed by atoms with Crippen LogP contribution in [0, 0.1) is 0 Å². The van der Waals surface area contributed by atoms with Gasteiger partial charge in [-0.1, -0.05) is 0 Å². The molecule has 0 radical (unpaired) electrons. The van der Waals surface area contributed by atoms with Crippen molar-refractivity contribution in [3.8, 4) is 0 Å². The second-order valence-corrected chi connectivity index (χ2v) is 9.11. The van der Waals surface area contributed by atoms with Crippen LogP contribution in [0.5, 0.6) is 0 Å². The lowest BCUT2D eigenvalue weighted by Gasteiger charge is -2.53. The number of sulfonamides is 1. The van der Waals surface area contributed by atoms with Crippen molar-refractivity contribution < 1.29 is 58.2 Å². The van der Waals surface area contributed by atoms with Crippen LogP contribution in [0.2, 0.25) is 0 Å². The van der Waals surface area contributed by atoms with E-state index in [-0.39, 0.29) is 0 Å². The Morgan fingerprint density at radius 2 is 1.80 bits per heavy atom. The van der Waals surface area contributed by atoms with Crippen molar-refractivity contribution in [2.24, 2.45) is 0 Å². The monoisotopic (exact) mass is 460 g/mol. The SMILES string of the molecule is CC(=O)NO[C@@H]1C[C@@H](O)[C@@](O)([C@@H]2O[C@H](CO)[C@H](O)[C@@H](NS(C)(=O)=O)[C@H]2O)[C@@H](CO)O1. The fourth-order valence-corrected chi connectivity index (χ4v) is 4.38. The Morgan fingerprint density at radius 3 is 2.30 bits per heavy atom. The quantitative estimate of drug-likeness (QED) is 0.167. The molecule has 14 nitrogen and oxygen atoms in total. The molecule has 0 spiro atoms. The maximum absolute atomic E-state index is 11.6. The van der Waals surface area contributed by atoms with Crippen LogP contribution in [0.1, 0.15) is 13.3 Å². The van der Waals surface area contributed by atoms with Gasteiger partial charge in [0.05, 0.1) is 31.6 Å². The third-order valence-corrected chi connectivity index (χ3v) is 5.72. The zero-order valence-electron chi connectivity index (χ0n) is 16.3. The van der Waals surface area contributed by atoms with Crippen molar-refractivity contribution in [3.63, 3.8) is 0 Å². The largest absolute Gasteiger partial charge is 0.394 e. The second-order valence-electron chi connectivity index (χ2n) is 7.33. The highest BCUT2D eigenvalue weighted by atomic mass is 32.2. The number of carbonyl (C=O) groups excluding carboxylic acids is 1. The smallest absolute Gasteiger partial charge is 0.240 e. The third-order valence-electron chi connectivity index (χ3n) is 5.02. The number of hydroxylamine groups is 1.